The highest BCUT2D eigenvalue weighted by atomic mass is 79.9. The average Bonchev–Trinajstić information content (AvgIpc) is 2.60. The molecule has 0 saturated heterocycles. The predicted molar refractivity (Wildman–Crippen MR) is 96.3 cm³/mol. The van der Waals surface area contributed by atoms with Gasteiger partial charge in [-0.25, -0.2) is 4.79 Å². The van der Waals surface area contributed by atoms with Gasteiger partial charge in [0.05, 0.1) is 16.9 Å². The molecule has 1 aliphatic rings. The molecule has 3 N–H and O–H groups in total. The molecule has 0 fully saturated rings. The number of halogens is 1. The van der Waals surface area contributed by atoms with Crippen LogP contribution < -0.4 is 16.0 Å². The topological polar surface area (TPSA) is 102 Å². The molecule has 2 amide bonds. The van der Waals surface area contributed by atoms with Gasteiger partial charge >= 0.3 is 5.97 Å². The highest BCUT2D eigenvalue weighted by Crippen LogP contribution is 2.29. The van der Waals surface area contributed by atoms with Gasteiger partial charge in [0.25, 0.3) is 5.91 Å². The first kappa shape index (κ1) is 17.0. The number of para-hydroxylation sites is 2. The van der Waals surface area contributed by atoms with Gasteiger partial charge < -0.3 is 15.8 Å². The Morgan fingerprint density at radius 1 is 1.24 bits per heavy atom. The number of benzene rings is 2. The van der Waals surface area contributed by atoms with Crippen molar-refractivity contribution in [2.75, 3.05) is 29.1 Å². The van der Waals surface area contributed by atoms with E-state index in [-0.39, 0.29) is 23.7 Å². The Morgan fingerprint density at radius 2 is 2.00 bits per heavy atom. The molecule has 3 rings (SSSR count). The van der Waals surface area contributed by atoms with Crippen LogP contribution in [0.15, 0.2) is 46.9 Å². The van der Waals surface area contributed by atoms with Crippen molar-refractivity contribution in [1.29, 1.82) is 0 Å². The van der Waals surface area contributed by atoms with Crippen molar-refractivity contribution in [2.45, 2.75) is 0 Å². The number of nitrogens with zero attached hydrogens (tertiary/aromatic N) is 1. The number of carbonyl (C=O) groups excluding carboxylic acids is 3. The number of ether oxygens (including phenoxy) is 1. The lowest BCUT2D eigenvalue weighted by atomic mass is 10.2. The van der Waals surface area contributed by atoms with Crippen LogP contribution >= 0.6 is 15.9 Å². The van der Waals surface area contributed by atoms with Crippen LogP contribution in [0.1, 0.15) is 10.4 Å². The molecule has 1 heterocycles. The molecule has 8 heteroatoms. The molecule has 25 heavy (non-hydrogen) atoms. The van der Waals surface area contributed by atoms with E-state index in [0.717, 1.165) is 0 Å². The van der Waals surface area contributed by atoms with Gasteiger partial charge in [-0.15, -0.1) is 0 Å². The second kappa shape index (κ2) is 6.94. The number of esters is 1. The van der Waals surface area contributed by atoms with Crippen LogP contribution in [0.3, 0.4) is 0 Å². The monoisotopic (exact) mass is 403 g/mol. The molecule has 128 valence electrons. The third-order valence-electron chi connectivity index (χ3n) is 3.63. The van der Waals surface area contributed by atoms with E-state index in [2.05, 4.69) is 21.2 Å². The van der Waals surface area contributed by atoms with Gasteiger partial charge in [-0.3, -0.25) is 14.5 Å². The Balaban J connectivity index is 1.72. The second-order valence-electron chi connectivity index (χ2n) is 5.35. The van der Waals surface area contributed by atoms with E-state index in [0.29, 0.717) is 15.8 Å². The first-order valence-electron chi connectivity index (χ1n) is 7.37. The minimum atomic E-state index is -0.707. The Morgan fingerprint density at radius 3 is 2.80 bits per heavy atom. The van der Waals surface area contributed by atoms with Gasteiger partial charge in [0, 0.05) is 10.2 Å². The number of nitrogens with one attached hydrogen (secondary N) is 1. The summed E-state index contributed by atoms with van der Waals surface area (Å²) in [6.45, 7) is -0.626. The fourth-order valence-corrected chi connectivity index (χ4v) is 2.81. The van der Waals surface area contributed by atoms with Crippen LogP contribution in [0, 0.1) is 0 Å². The van der Waals surface area contributed by atoms with Gasteiger partial charge in [-0.05, 0) is 30.3 Å². The molecule has 2 aromatic carbocycles. The molecule has 0 radical (unpaired) electrons. The molecule has 0 unspecified atom stereocenters. The lowest BCUT2D eigenvalue weighted by Crippen LogP contribution is -2.44. The summed E-state index contributed by atoms with van der Waals surface area (Å²) < 4.78 is 5.73. The van der Waals surface area contributed by atoms with E-state index in [4.69, 9.17) is 10.5 Å². The first-order valence-corrected chi connectivity index (χ1v) is 8.16. The number of fused-ring (bicyclic) bond motifs is 1. The summed E-state index contributed by atoms with van der Waals surface area (Å²) in [5.41, 5.74) is 7.27. The van der Waals surface area contributed by atoms with Crippen molar-refractivity contribution in [3.63, 3.8) is 0 Å². The van der Waals surface area contributed by atoms with Crippen LogP contribution in [0.5, 0.6) is 0 Å². The van der Waals surface area contributed by atoms with E-state index >= 15 is 0 Å². The zero-order valence-electron chi connectivity index (χ0n) is 13.0. The van der Waals surface area contributed by atoms with Gasteiger partial charge in [-0.2, -0.15) is 0 Å². The minimum Gasteiger partial charge on any atom is -0.452 e. The summed E-state index contributed by atoms with van der Waals surface area (Å²) in [7, 11) is 0. The molecule has 0 aromatic heterocycles. The SMILES string of the molecule is Nc1ccc(Br)cc1C(=O)OCC(=O)N1CC(=O)Nc2ccccc21. The molecule has 2 aromatic rings. The van der Waals surface area contributed by atoms with Gasteiger partial charge in [0.2, 0.25) is 5.91 Å². The third-order valence-corrected chi connectivity index (χ3v) is 4.13. The lowest BCUT2D eigenvalue weighted by molar-refractivity contribution is -0.124. The summed E-state index contributed by atoms with van der Waals surface area (Å²) in [6, 6.07) is 11.7. The smallest absolute Gasteiger partial charge is 0.340 e. The van der Waals surface area contributed by atoms with Crippen LogP contribution in [0.2, 0.25) is 0 Å². The maximum atomic E-state index is 12.4. The Kier molecular flexibility index (Phi) is 4.71. The van der Waals surface area contributed by atoms with Crippen molar-refractivity contribution >= 4 is 50.8 Å². The number of carbonyl (C=O) groups is 3. The summed E-state index contributed by atoms with van der Waals surface area (Å²) in [5.74, 6) is -1.51. The van der Waals surface area contributed by atoms with Gasteiger partial charge in [0.1, 0.15) is 6.54 Å². The molecule has 7 nitrogen and oxygen atoms in total. The van der Waals surface area contributed by atoms with Gasteiger partial charge in [-0.1, -0.05) is 28.1 Å². The fraction of sp³-hybridized carbons (Fsp3) is 0.118. The lowest BCUT2D eigenvalue weighted by Gasteiger charge is -2.28. The highest BCUT2D eigenvalue weighted by Gasteiger charge is 2.27. The predicted octanol–water partition coefficient (Wildman–Crippen LogP) is 2.17. The van der Waals surface area contributed by atoms with E-state index < -0.39 is 18.5 Å². The minimum absolute atomic E-state index is 0.133. The number of rotatable bonds is 3. The van der Waals surface area contributed by atoms with E-state index in [1.165, 1.54) is 11.0 Å². The molecule has 0 aliphatic carbocycles. The maximum Gasteiger partial charge on any atom is 0.340 e. The third kappa shape index (κ3) is 3.63. The van der Waals surface area contributed by atoms with E-state index in [1.807, 2.05) is 0 Å². The zero-order chi connectivity index (χ0) is 18.0. The van der Waals surface area contributed by atoms with Crippen LogP contribution in [-0.4, -0.2) is 30.9 Å². The summed E-state index contributed by atoms with van der Waals surface area (Å²) >= 11 is 3.25. The molecule has 0 saturated carbocycles. The Bertz CT molecular complexity index is 869. The maximum absolute atomic E-state index is 12.4. The number of nitrogens with two attached hydrogens (primary N) is 1. The molecular weight excluding hydrogens is 390 g/mol. The van der Waals surface area contributed by atoms with Crippen LogP contribution in [0.25, 0.3) is 0 Å². The molecule has 1 aliphatic heterocycles. The van der Waals surface area contributed by atoms with Crippen molar-refractivity contribution in [2.24, 2.45) is 0 Å². The Labute approximate surface area is 151 Å². The zero-order valence-corrected chi connectivity index (χ0v) is 14.6. The number of amides is 2. The second-order valence-corrected chi connectivity index (χ2v) is 6.27. The standard InChI is InChI=1S/C17H14BrN3O4/c18-10-5-6-12(19)11(7-10)17(24)25-9-16(23)21-8-15(22)20-13-3-1-2-4-14(13)21/h1-7H,8-9,19H2,(H,20,22). The number of hydrogen-bond donors (Lipinski definition) is 2. The fourth-order valence-electron chi connectivity index (χ4n) is 2.44. The van der Waals surface area contributed by atoms with E-state index in [9.17, 15) is 14.4 Å². The van der Waals surface area contributed by atoms with Gasteiger partial charge in [0.15, 0.2) is 6.61 Å². The van der Waals surface area contributed by atoms with Crippen molar-refractivity contribution in [1.82, 2.24) is 0 Å². The molecule has 0 spiro atoms. The molecular formula is C17H14BrN3O4. The number of nitrogen functional groups attached to an aromatic ring is 1. The normalized spacial score (nSPS) is 13.0. The largest absolute Gasteiger partial charge is 0.452 e. The number of anilines is 3. The van der Waals surface area contributed by atoms with Crippen LogP contribution in [-0.2, 0) is 14.3 Å². The molecule has 0 atom stereocenters. The molecule has 0 bridgehead atoms. The summed E-state index contributed by atoms with van der Waals surface area (Å²) in [4.78, 5) is 37.6. The quantitative estimate of drug-likeness (QED) is 0.603. The summed E-state index contributed by atoms with van der Waals surface area (Å²) in [6.07, 6.45) is 0. The first-order chi connectivity index (χ1) is 12.0. The highest BCUT2D eigenvalue weighted by molar-refractivity contribution is 9.10. The average molecular weight is 404 g/mol. The van der Waals surface area contributed by atoms with Crippen molar-refractivity contribution < 1.29 is 19.1 Å². The van der Waals surface area contributed by atoms with Crippen LogP contribution in [0.4, 0.5) is 17.1 Å². The van der Waals surface area contributed by atoms with Crippen molar-refractivity contribution in [3.8, 4) is 0 Å². The summed E-state index contributed by atoms with van der Waals surface area (Å²) in [5, 5.41) is 2.69. The van der Waals surface area contributed by atoms with Crippen molar-refractivity contribution in [3.05, 3.63) is 52.5 Å². The Hall–Kier alpha value is -2.87. The van der Waals surface area contributed by atoms with E-state index in [1.54, 1.807) is 36.4 Å². The number of hydrogen-bond acceptors (Lipinski definition) is 5.